The van der Waals surface area contributed by atoms with Crippen LogP contribution in [0.2, 0.25) is 0 Å². The molecule has 0 aliphatic carbocycles. The van der Waals surface area contributed by atoms with Gasteiger partial charge in [-0.05, 0) is 47.7 Å². The molecule has 7 nitrogen and oxygen atoms in total. The van der Waals surface area contributed by atoms with E-state index in [1.165, 1.54) is 23.2 Å². The summed E-state index contributed by atoms with van der Waals surface area (Å²) in [6.45, 7) is 1.08. The Bertz CT molecular complexity index is 1070. The van der Waals surface area contributed by atoms with Gasteiger partial charge in [-0.1, -0.05) is 42.5 Å². The first-order valence-electron chi connectivity index (χ1n) is 10.5. The van der Waals surface area contributed by atoms with Crippen LogP contribution in [0.5, 0.6) is 0 Å². The van der Waals surface area contributed by atoms with Crippen LogP contribution in [0.4, 0.5) is 14.9 Å². The number of carbonyl (C=O) groups excluding carboxylic acids is 1. The zero-order valence-corrected chi connectivity index (χ0v) is 18.3. The Hall–Kier alpha value is -3.94. The Morgan fingerprint density at radius 2 is 1.79 bits per heavy atom. The second-order valence-corrected chi connectivity index (χ2v) is 7.59. The average molecular weight is 451 g/mol. The van der Waals surface area contributed by atoms with Crippen LogP contribution in [0.25, 0.3) is 0 Å². The molecule has 0 radical (unpaired) electrons. The molecule has 0 aliphatic rings. The van der Waals surface area contributed by atoms with Gasteiger partial charge in [0.15, 0.2) is 5.69 Å². The number of aromatic nitrogens is 1. The molecule has 0 atom stereocenters. The Morgan fingerprint density at radius 3 is 2.48 bits per heavy atom. The van der Waals surface area contributed by atoms with E-state index in [0.29, 0.717) is 31.6 Å². The summed E-state index contributed by atoms with van der Waals surface area (Å²) in [4.78, 5) is 29.2. The number of hydrogen-bond donors (Lipinski definition) is 2. The number of nitrogens with zero attached hydrogens (tertiary/aromatic N) is 2. The van der Waals surface area contributed by atoms with Crippen molar-refractivity contribution in [3.05, 3.63) is 95.1 Å². The molecule has 0 aliphatic heterocycles. The zero-order chi connectivity index (χ0) is 23.6. The topological polar surface area (TPSA) is 91.8 Å². The highest BCUT2D eigenvalue weighted by Crippen LogP contribution is 2.18. The van der Waals surface area contributed by atoms with Crippen LogP contribution in [0.15, 0.2) is 66.9 Å². The minimum Gasteiger partial charge on any atom is -0.476 e. The molecule has 0 saturated heterocycles. The van der Waals surface area contributed by atoms with E-state index >= 15 is 0 Å². The fourth-order valence-corrected chi connectivity index (χ4v) is 3.21. The number of rotatable bonds is 10. The van der Waals surface area contributed by atoms with Crippen molar-refractivity contribution in [1.82, 2.24) is 9.88 Å². The fourth-order valence-electron chi connectivity index (χ4n) is 3.21. The highest BCUT2D eigenvalue weighted by atomic mass is 19.1. The van der Waals surface area contributed by atoms with E-state index in [9.17, 15) is 19.1 Å². The number of aromatic carboxylic acids is 1. The van der Waals surface area contributed by atoms with E-state index in [0.717, 1.165) is 16.7 Å². The number of pyridine rings is 1. The molecular formula is C25H26FN3O4. The lowest BCUT2D eigenvalue weighted by molar-refractivity contribution is 0.0691. The summed E-state index contributed by atoms with van der Waals surface area (Å²) >= 11 is 0. The molecule has 0 unspecified atom stereocenters. The number of nitrogens with one attached hydrogen (secondary N) is 1. The maximum atomic E-state index is 13.1. The molecule has 1 heterocycles. The minimum atomic E-state index is -1.13. The fraction of sp³-hybridized carbons (Fsp3) is 0.240. The van der Waals surface area contributed by atoms with Gasteiger partial charge in [0, 0.05) is 26.3 Å². The summed E-state index contributed by atoms with van der Waals surface area (Å²) in [5.41, 5.74) is 2.93. The first kappa shape index (κ1) is 23.7. The Morgan fingerprint density at radius 1 is 1.06 bits per heavy atom. The van der Waals surface area contributed by atoms with Crippen LogP contribution in [0.1, 0.15) is 33.6 Å². The second kappa shape index (κ2) is 11.6. The van der Waals surface area contributed by atoms with E-state index < -0.39 is 12.1 Å². The maximum Gasteiger partial charge on any atom is 0.409 e. The summed E-state index contributed by atoms with van der Waals surface area (Å²) in [7, 11) is 1.65. The molecule has 1 aromatic heterocycles. The van der Waals surface area contributed by atoms with Crippen LogP contribution in [-0.2, 0) is 17.8 Å². The van der Waals surface area contributed by atoms with Crippen molar-refractivity contribution in [3.8, 4) is 0 Å². The number of carboxylic acid groups (broad SMARTS) is 1. The molecule has 2 N–H and O–H groups in total. The number of ether oxygens (including phenoxy) is 1. The molecule has 1 amide bonds. The molecule has 8 heteroatoms. The van der Waals surface area contributed by atoms with Crippen molar-refractivity contribution in [2.45, 2.75) is 19.4 Å². The summed E-state index contributed by atoms with van der Waals surface area (Å²) in [6.07, 6.45) is 2.16. The van der Waals surface area contributed by atoms with E-state index in [-0.39, 0.29) is 18.1 Å². The third-order valence-corrected chi connectivity index (χ3v) is 4.97. The van der Waals surface area contributed by atoms with Gasteiger partial charge in [0.1, 0.15) is 12.4 Å². The summed E-state index contributed by atoms with van der Waals surface area (Å²) < 4.78 is 18.4. The predicted molar refractivity (Wildman–Crippen MR) is 123 cm³/mol. The Labute approximate surface area is 191 Å². The molecule has 3 aromatic rings. The SMILES string of the molecule is CN(CCCNc1cc(Cc2ccc(F)cc2)cnc1C(=O)O)C(=O)OCc1ccccc1. The lowest BCUT2D eigenvalue weighted by atomic mass is 10.1. The molecule has 0 spiro atoms. The van der Waals surface area contributed by atoms with Gasteiger partial charge in [0.05, 0.1) is 5.69 Å². The molecule has 33 heavy (non-hydrogen) atoms. The normalized spacial score (nSPS) is 10.5. The van der Waals surface area contributed by atoms with Gasteiger partial charge in [-0.3, -0.25) is 0 Å². The number of amides is 1. The first-order chi connectivity index (χ1) is 15.9. The highest BCUT2D eigenvalue weighted by Gasteiger charge is 2.14. The average Bonchev–Trinajstić information content (AvgIpc) is 2.82. The number of benzene rings is 2. The van der Waals surface area contributed by atoms with Gasteiger partial charge >= 0.3 is 12.1 Å². The summed E-state index contributed by atoms with van der Waals surface area (Å²) in [6, 6.07) is 17.3. The van der Waals surface area contributed by atoms with Gasteiger partial charge in [0.2, 0.25) is 0 Å². The number of hydrogen-bond acceptors (Lipinski definition) is 5. The third kappa shape index (κ3) is 7.31. The van der Waals surface area contributed by atoms with Crippen molar-refractivity contribution in [1.29, 1.82) is 0 Å². The van der Waals surface area contributed by atoms with Gasteiger partial charge in [-0.25, -0.2) is 19.0 Å². The van der Waals surface area contributed by atoms with Crippen molar-refractivity contribution in [2.75, 3.05) is 25.5 Å². The van der Waals surface area contributed by atoms with Gasteiger partial charge in [-0.15, -0.1) is 0 Å². The van der Waals surface area contributed by atoms with Crippen molar-refractivity contribution >= 4 is 17.7 Å². The third-order valence-electron chi connectivity index (χ3n) is 4.97. The Kier molecular flexibility index (Phi) is 8.35. The summed E-state index contributed by atoms with van der Waals surface area (Å²) in [5.74, 6) is -1.44. The molecule has 0 saturated carbocycles. The molecule has 172 valence electrons. The van der Waals surface area contributed by atoms with Crippen LogP contribution in [0.3, 0.4) is 0 Å². The number of carbonyl (C=O) groups is 2. The molecule has 2 aromatic carbocycles. The Balaban J connectivity index is 1.51. The van der Waals surface area contributed by atoms with E-state index in [4.69, 9.17) is 4.74 Å². The van der Waals surface area contributed by atoms with Gasteiger partial charge in [0.25, 0.3) is 0 Å². The maximum absolute atomic E-state index is 13.1. The second-order valence-electron chi connectivity index (χ2n) is 7.59. The highest BCUT2D eigenvalue weighted by molar-refractivity contribution is 5.92. The molecule has 0 bridgehead atoms. The minimum absolute atomic E-state index is 0.0755. The van der Waals surface area contributed by atoms with Crippen LogP contribution < -0.4 is 5.32 Å². The molecule has 3 rings (SSSR count). The largest absolute Gasteiger partial charge is 0.476 e. The smallest absolute Gasteiger partial charge is 0.409 e. The number of carboxylic acids is 1. The van der Waals surface area contributed by atoms with E-state index in [2.05, 4.69) is 10.3 Å². The quantitative estimate of drug-likeness (QED) is 0.439. The lowest BCUT2D eigenvalue weighted by Crippen LogP contribution is -2.29. The first-order valence-corrected chi connectivity index (χ1v) is 10.5. The predicted octanol–water partition coefficient (Wildman–Crippen LogP) is 4.58. The van der Waals surface area contributed by atoms with E-state index in [1.54, 1.807) is 25.2 Å². The van der Waals surface area contributed by atoms with Crippen molar-refractivity contribution in [3.63, 3.8) is 0 Å². The van der Waals surface area contributed by atoms with Crippen molar-refractivity contribution < 1.29 is 23.8 Å². The number of halogens is 1. The standard InChI is InChI=1S/C25H26FN3O4/c1-29(25(32)33-17-19-6-3-2-4-7-19)13-5-12-27-22-15-20(16-28-23(22)24(30)31)14-18-8-10-21(26)11-9-18/h2-4,6-11,15-16,27H,5,12-14,17H2,1H3,(H,30,31). The zero-order valence-electron chi connectivity index (χ0n) is 18.3. The van der Waals surface area contributed by atoms with Gasteiger partial charge in [-0.2, -0.15) is 0 Å². The van der Waals surface area contributed by atoms with E-state index in [1.807, 2.05) is 30.3 Å². The monoisotopic (exact) mass is 451 g/mol. The van der Waals surface area contributed by atoms with Crippen LogP contribution in [0, 0.1) is 5.82 Å². The molecular weight excluding hydrogens is 425 g/mol. The lowest BCUT2D eigenvalue weighted by Gasteiger charge is -2.17. The molecule has 0 fully saturated rings. The van der Waals surface area contributed by atoms with Gasteiger partial charge < -0.3 is 20.1 Å². The summed E-state index contributed by atoms with van der Waals surface area (Å²) in [5, 5.41) is 12.5. The van der Waals surface area contributed by atoms with Crippen LogP contribution >= 0.6 is 0 Å². The van der Waals surface area contributed by atoms with Crippen molar-refractivity contribution in [2.24, 2.45) is 0 Å². The number of anilines is 1. The van der Waals surface area contributed by atoms with Crippen LogP contribution in [-0.4, -0.2) is 47.2 Å².